The van der Waals surface area contributed by atoms with Gasteiger partial charge in [0.2, 0.25) is 0 Å². The minimum atomic E-state index is -0.488. The van der Waals surface area contributed by atoms with Gasteiger partial charge in [0.1, 0.15) is 18.2 Å². The summed E-state index contributed by atoms with van der Waals surface area (Å²) in [6.07, 6.45) is 0. The smallest absolute Gasteiger partial charge is 0.341 e. The molecule has 0 fully saturated rings. The molecule has 0 N–H and O–H groups in total. The SMILES string of the molecule is COC(=O)c1cccc2c1OCCN2C(=O)[C@@H](C)n1nc(C)cc1C. The molecule has 7 nitrogen and oxygen atoms in total. The number of amides is 1. The minimum absolute atomic E-state index is 0.0993. The Balaban J connectivity index is 1.96. The lowest BCUT2D eigenvalue weighted by Crippen LogP contribution is -2.42. The van der Waals surface area contributed by atoms with Crippen LogP contribution < -0.4 is 9.64 Å². The molecule has 3 rings (SSSR count). The summed E-state index contributed by atoms with van der Waals surface area (Å²) in [5.41, 5.74) is 2.69. The van der Waals surface area contributed by atoms with Gasteiger partial charge < -0.3 is 14.4 Å². The van der Waals surface area contributed by atoms with Crippen LogP contribution in [0.1, 0.15) is 34.7 Å². The topological polar surface area (TPSA) is 73.7 Å². The number of carbonyl (C=O) groups is 2. The lowest BCUT2D eigenvalue weighted by molar-refractivity contribution is -0.121. The van der Waals surface area contributed by atoms with Gasteiger partial charge in [0, 0.05) is 5.69 Å². The Morgan fingerprint density at radius 2 is 2.08 bits per heavy atom. The molecule has 0 aliphatic carbocycles. The molecule has 1 aliphatic heterocycles. The predicted octanol–water partition coefficient (Wildman–Crippen LogP) is 2.27. The number of ether oxygens (including phenoxy) is 2. The molecule has 132 valence electrons. The quantitative estimate of drug-likeness (QED) is 0.800. The first-order valence-corrected chi connectivity index (χ1v) is 8.12. The van der Waals surface area contributed by atoms with Crippen LogP contribution in [0.2, 0.25) is 0 Å². The summed E-state index contributed by atoms with van der Waals surface area (Å²) < 4.78 is 12.2. The number of esters is 1. The van der Waals surface area contributed by atoms with Crippen LogP contribution in [0.4, 0.5) is 5.69 Å². The Kier molecular flexibility index (Phi) is 4.48. The van der Waals surface area contributed by atoms with Gasteiger partial charge in [-0.2, -0.15) is 5.10 Å². The first-order chi connectivity index (χ1) is 11.9. The molecule has 25 heavy (non-hydrogen) atoms. The van der Waals surface area contributed by atoms with Crippen LogP contribution in [0.5, 0.6) is 5.75 Å². The maximum atomic E-state index is 13.1. The molecule has 0 saturated heterocycles. The van der Waals surface area contributed by atoms with E-state index < -0.39 is 12.0 Å². The van der Waals surface area contributed by atoms with Gasteiger partial charge in [-0.15, -0.1) is 0 Å². The summed E-state index contributed by atoms with van der Waals surface area (Å²) in [5, 5.41) is 4.40. The van der Waals surface area contributed by atoms with E-state index >= 15 is 0 Å². The molecule has 0 bridgehead atoms. The molecule has 0 spiro atoms. The van der Waals surface area contributed by atoms with E-state index in [9.17, 15) is 9.59 Å². The Hall–Kier alpha value is -2.83. The number of methoxy groups -OCH3 is 1. The van der Waals surface area contributed by atoms with Crippen LogP contribution in [-0.2, 0) is 9.53 Å². The molecule has 0 unspecified atom stereocenters. The second kappa shape index (κ2) is 6.58. The normalized spacial score (nSPS) is 14.5. The second-order valence-electron chi connectivity index (χ2n) is 6.03. The number of aryl methyl sites for hydroxylation is 2. The Morgan fingerprint density at radius 3 is 2.72 bits per heavy atom. The first kappa shape index (κ1) is 17.0. The highest BCUT2D eigenvalue weighted by molar-refractivity contribution is 6.01. The highest BCUT2D eigenvalue weighted by atomic mass is 16.5. The van der Waals surface area contributed by atoms with Crippen molar-refractivity contribution in [1.82, 2.24) is 9.78 Å². The van der Waals surface area contributed by atoms with Crippen molar-refractivity contribution in [1.29, 1.82) is 0 Å². The van der Waals surface area contributed by atoms with Gasteiger partial charge in [0.15, 0.2) is 5.75 Å². The molecule has 2 aromatic rings. The fourth-order valence-corrected chi connectivity index (χ4v) is 3.12. The zero-order valence-electron chi connectivity index (χ0n) is 14.8. The molecule has 1 atom stereocenters. The van der Waals surface area contributed by atoms with Crippen molar-refractivity contribution in [2.24, 2.45) is 0 Å². The number of nitrogens with zero attached hydrogens (tertiary/aromatic N) is 3. The monoisotopic (exact) mass is 343 g/mol. The van der Waals surface area contributed by atoms with Gasteiger partial charge in [-0.05, 0) is 39.0 Å². The molecule has 0 saturated carbocycles. The van der Waals surface area contributed by atoms with E-state index in [1.807, 2.05) is 26.8 Å². The van der Waals surface area contributed by atoms with Crippen LogP contribution >= 0.6 is 0 Å². The van der Waals surface area contributed by atoms with Crippen molar-refractivity contribution in [2.75, 3.05) is 25.2 Å². The summed E-state index contributed by atoms with van der Waals surface area (Å²) in [6.45, 7) is 6.37. The highest BCUT2D eigenvalue weighted by Crippen LogP contribution is 2.36. The third-order valence-electron chi connectivity index (χ3n) is 4.29. The van der Waals surface area contributed by atoms with Crippen molar-refractivity contribution in [3.05, 3.63) is 41.2 Å². The fourth-order valence-electron chi connectivity index (χ4n) is 3.12. The van der Waals surface area contributed by atoms with E-state index in [2.05, 4.69) is 5.10 Å². The average molecular weight is 343 g/mol. The second-order valence-corrected chi connectivity index (χ2v) is 6.03. The largest absolute Gasteiger partial charge is 0.489 e. The number of carbonyl (C=O) groups excluding carboxylic acids is 2. The number of benzene rings is 1. The Bertz CT molecular complexity index is 828. The minimum Gasteiger partial charge on any atom is -0.489 e. The lowest BCUT2D eigenvalue weighted by Gasteiger charge is -2.32. The summed E-state index contributed by atoms with van der Waals surface area (Å²) >= 11 is 0. The van der Waals surface area contributed by atoms with Crippen LogP contribution in [0.25, 0.3) is 0 Å². The maximum Gasteiger partial charge on any atom is 0.341 e. The van der Waals surface area contributed by atoms with Crippen LogP contribution in [0.3, 0.4) is 0 Å². The summed E-state index contributed by atoms with van der Waals surface area (Å²) in [6, 6.07) is 6.59. The predicted molar refractivity (Wildman–Crippen MR) is 92.0 cm³/mol. The van der Waals surface area contributed by atoms with E-state index in [1.165, 1.54) is 7.11 Å². The van der Waals surface area contributed by atoms with Crippen molar-refractivity contribution >= 4 is 17.6 Å². The number of hydrogen-bond donors (Lipinski definition) is 0. The number of rotatable bonds is 3. The lowest BCUT2D eigenvalue weighted by atomic mass is 10.1. The van der Waals surface area contributed by atoms with Gasteiger partial charge in [0.25, 0.3) is 5.91 Å². The van der Waals surface area contributed by atoms with E-state index in [-0.39, 0.29) is 5.91 Å². The first-order valence-electron chi connectivity index (χ1n) is 8.12. The third-order valence-corrected chi connectivity index (χ3v) is 4.29. The van der Waals surface area contributed by atoms with E-state index in [1.54, 1.807) is 27.8 Å². The molecule has 1 aromatic carbocycles. The van der Waals surface area contributed by atoms with E-state index in [0.29, 0.717) is 30.2 Å². The van der Waals surface area contributed by atoms with Crippen molar-refractivity contribution in [2.45, 2.75) is 26.8 Å². The van der Waals surface area contributed by atoms with Crippen molar-refractivity contribution in [3.8, 4) is 5.75 Å². The number of anilines is 1. The summed E-state index contributed by atoms with van der Waals surface area (Å²) in [5.74, 6) is -0.204. The Morgan fingerprint density at radius 1 is 1.32 bits per heavy atom. The molecule has 1 aromatic heterocycles. The molecule has 0 radical (unpaired) electrons. The van der Waals surface area contributed by atoms with Gasteiger partial charge in [-0.25, -0.2) is 4.79 Å². The molecular formula is C18H21N3O4. The van der Waals surface area contributed by atoms with Crippen molar-refractivity contribution < 1.29 is 19.1 Å². The summed E-state index contributed by atoms with van der Waals surface area (Å²) in [7, 11) is 1.32. The van der Waals surface area contributed by atoms with Crippen LogP contribution in [0, 0.1) is 13.8 Å². The standard InChI is InChI=1S/C18H21N3O4/c1-11-10-12(2)21(19-11)13(3)17(22)20-8-9-25-16-14(18(23)24-4)6-5-7-15(16)20/h5-7,10,13H,8-9H2,1-4H3/t13-/m1/s1. The van der Waals surface area contributed by atoms with Gasteiger partial charge in [-0.1, -0.05) is 6.07 Å². The third kappa shape index (κ3) is 2.97. The highest BCUT2D eigenvalue weighted by Gasteiger charge is 2.31. The molecule has 1 amide bonds. The number of aromatic nitrogens is 2. The zero-order valence-corrected chi connectivity index (χ0v) is 14.8. The van der Waals surface area contributed by atoms with E-state index in [4.69, 9.17) is 9.47 Å². The average Bonchev–Trinajstić information content (AvgIpc) is 2.96. The maximum absolute atomic E-state index is 13.1. The van der Waals surface area contributed by atoms with Gasteiger partial charge in [0.05, 0.1) is 25.0 Å². The van der Waals surface area contributed by atoms with Crippen LogP contribution in [-0.4, -0.2) is 41.9 Å². The number of fused-ring (bicyclic) bond motifs is 1. The fraction of sp³-hybridized carbons (Fsp3) is 0.389. The molecular weight excluding hydrogens is 322 g/mol. The van der Waals surface area contributed by atoms with Crippen molar-refractivity contribution in [3.63, 3.8) is 0 Å². The van der Waals surface area contributed by atoms with Gasteiger partial charge >= 0.3 is 5.97 Å². The molecule has 1 aliphatic rings. The summed E-state index contributed by atoms with van der Waals surface area (Å²) in [4.78, 5) is 26.7. The number of hydrogen-bond acceptors (Lipinski definition) is 5. The number of para-hydroxylation sites is 1. The molecule has 2 heterocycles. The van der Waals surface area contributed by atoms with E-state index in [0.717, 1.165) is 11.4 Å². The zero-order chi connectivity index (χ0) is 18.1. The van der Waals surface area contributed by atoms with Crippen LogP contribution in [0.15, 0.2) is 24.3 Å². The Labute approximate surface area is 146 Å². The molecule has 7 heteroatoms. The van der Waals surface area contributed by atoms with Gasteiger partial charge in [-0.3, -0.25) is 9.48 Å².